The maximum Gasteiger partial charge on any atom is 0.299 e. The molecule has 3 heterocycles. The van der Waals surface area contributed by atoms with Crippen molar-refractivity contribution in [2.24, 2.45) is 11.0 Å². The highest BCUT2D eigenvalue weighted by Crippen LogP contribution is 2.34. The molecule has 3 N–H and O–H groups in total. The number of pyridine rings is 1. The van der Waals surface area contributed by atoms with Crippen molar-refractivity contribution in [3.8, 4) is 0 Å². The lowest BCUT2D eigenvalue weighted by Gasteiger charge is -2.28. The molecular formula is C27H28Cl2N6O5S. The van der Waals surface area contributed by atoms with Crippen LogP contribution in [0.1, 0.15) is 47.3 Å². The summed E-state index contributed by atoms with van der Waals surface area (Å²) >= 11 is 12.7. The quantitative estimate of drug-likeness (QED) is 0.329. The summed E-state index contributed by atoms with van der Waals surface area (Å²) in [7, 11) is -3.30. The van der Waals surface area contributed by atoms with E-state index in [0.29, 0.717) is 39.6 Å². The van der Waals surface area contributed by atoms with Crippen molar-refractivity contribution < 1.29 is 22.2 Å². The van der Waals surface area contributed by atoms with Crippen LogP contribution in [0.2, 0.25) is 10.0 Å². The molecule has 216 valence electrons. The Morgan fingerprint density at radius 2 is 2.00 bits per heavy atom. The van der Waals surface area contributed by atoms with Gasteiger partial charge in [0.15, 0.2) is 5.76 Å². The van der Waals surface area contributed by atoms with Crippen molar-refractivity contribution in [3.63, 3.8) is 0 Å². The highest BCUT2D eigenvalue weighted by Gasteiger charge is 2.34. The van der Waals surface area contributed by atoms with E-state index in [9.17, 15) is 18.0 Å². The zero-order valence-electron chi connectivity index (χ0n) is 22.2. The number of aryl methyl sites for hydroxylation is 1. The first-order chi connectivity index (χ1) is 19.6. The van der Waals surface area contributed by atoms with Gasteiger partial charge in [0, 0.05) is 30.0 Å². The predicted molar refractivity (Wildman–Crippen MR) is 156 cm³/mol. The van der Waals surface area contributed by atoms with E-state index < -0.39 is 16.9 Å². The molecule has 2 aromatic rings. The largest absolute Gasteiger partial charge is 0.384 e. The molecular weight excluding hydrogens is 591 g/mol. The van der Waals surface area contributed by atoms with Gasteiger partial charge in [-0.3, -0.25) is 14.6 Å². The summed E-state index contributed by atoms with van der Waals surface area (Å²) in [5.74, 6) is -0.527. The number of halogens is 2. The van der Waals surface area contributed by atoms with Gasteiger partial charge in [-0.05, 0) is 68.5 Å². The summed E-state index contributed by atoms with van der Waals surface area (Å²) in [5, 5.41) is 11.0. The van der Waals surface area contributed by atoms with Gasteiger partial charge in [-0.2, -0.15) is 13.5 Å². The van der Waals surface area contributed by atoms with Crippen LogP contribution < -0.4 is 16.1 Å². The third-order valence-corrected chi connectivity index (χ3v) is 8.05. The Balaban J connectivity index is 1.43. The van der Waals surface area contributed by atoms with Gasteiger partial charge in [-0.25, -0.2) is 0 Å². The second kappa shape index (κ2) is 12.1. The SMILES string of the molecule is Cc1cc(Cl)cc(C(=O)NC(C)C2CC2)c1NC(=O)C1=C(O[SH](=O)=O)C=CN(C2=NNCC2c2ncccc2Cl)C1. The predicted octanol–water partition coefficient (Wildman–Crippen LogP) is 3.49. The molecule has 41 heavy (non-hydrogen) atoms. The van der Waals surface area contributed by atoms with Crippen LogP contribution >= 0.6 is 23.2 Å². The van der Waals surface area contributed by atoms with Crippen LogP contribution in [-0.4, -0.2) is 55.1 Å². The number of amides is 2. The van der Waals surface area contributed by atoms with Crippen molar-refractivity contribution >= 4 is 57.5 Å². The molecule has 0 radical (unpaired) electrons. The van der Waals surface area contributed by atoms with Gasteiger partial charge in [-0.1, -0.05) is 23.2 Å². The lowest BCUT2D eigenvalue weighted by atomic mass is 10.0. The number of thiol groups is 1. The fourth-order valence-electron chi connectivity index (χ4n) is 4.87. The van der Waals surface area contributed by atoms with Gasteiger partial charge in [0.05, 0.1) is 40.0 Å². The number of nitrogens with one attached hydrogen (secondary N) is 3. The zero-order chi connectivity index (χ0) is 29.3. The summed E-state index contributed by atoms with van der Waals surface area (Å²) in [6, 6.07) is 6.55. The minimum atomic E-state index is -3.30. The summed E-state index contributed by atoms with van der Waals surface area (Å²) in [5.41, 5.74) is 4.59. The summed E-state index contributed by atoms with van der Waals surface area (Å²) in [4.78, 5) is 33.0. The molecule has 0 bridgehead atoms. The minimum absolute atomic E-state index is 0.0132. The summed E-state index contributed by atoms with van der Waals surface area (Å²) < 4.78 is 27.9. The maximum absolute atomic E-state index is 13.7. The first-order valence-electron chi connectivity index (χ1n) is 13.0. The van der Waals surface area contributed by atoms with Gasteiger partial charge in [-0.15, -0.1) is 0 Å². The van der Waals surface area contributed by atoms with Gasteiger partial charge < -0.3 is 25.1 Å². The van der Waals surface area contributed by atoms with E-state index in [1.165, 1.54) is 12.1 Å². The Kier molecular flexibility index (Phi) is 8.52. The van der Waals surface area contributed by atoms with E-state index in [1.54, 1.807) is 42.4 Å². The molecule has 1 aliphatic carbocycles. The van der Waals surface area contributed by atoms with E-state index in [0.717, 1.165) is 12.8 Å². The van der Waals surface area contributed by atoms with Crippen molar-refractivity contribution in [1.29, 1.82) is 0 Å². The number of hydrazone groups is 1. The van der Waals surface area contributed by atoms with Crippen LogP contribution in [0.15, 0.2) is 59.2 Å². The minimum Gasteiger partial charge on any atom is -0.384 e. The lowest BCUT2D eigenvalue weighted by molar-refractivity contribution is -0.113. The lowest BCUT2D eigenvalue weighted by Crippen LogP contribution is -2.37. The third kappa shape index (κ3) is 6.50. The number of hydrogen-bond donors (Lipinski definition) is 4. The molecule has 14 heteroatoms. The molecule has 2 aliphatic heterocycles. The Hall–Kier alpha value is -3.61. The standard InChI is InChI=1S/C27H28Cl2N6O5S/c1-14-10-17(28)11-18(26(36)32-15(2)16-5-6-16)23(14)33-27(37)20-13-35(9-7-22(20)40-41(38)39)25-19(12-31-34-25)24-21(29)4-3-8-30-24/h3-4,7-11,15-16,19,31,41H,5-6,12-13H2,1-2H3,(H,32,36)(H,33,37). The second-order valence-corrected chi connectivity index (χ2v) is 11.5. The number of carbonyl (C=O) groups is 2. The van der Waals surface area contributed by atoms with Gasteiger partial charge in [0.1, 0.15) is 5.84 Å². The van der Waals surface area contributed by atoms with E-state index in [-0.39, 0.29) is 47.0 Å². The number of hydrogen-bond acceptors (Lipinski definition) is 9. The highest BCUT2D eigenvalue weighted by molar-refractivity contribution is 7.67. The van der Waals surface area contributed by atoms with E-state index in [1.807, 2.05) is 6.92 Å². The van der Waals surface area contributed by atoms with Crippen LogP contribution in [0.3, 0.4) is 0 Å². The molecule has 3 aliphatic rings. The van der Waals surface area contributed by atoms with Crippen LogP contribution in [0.5, 0.6) is 0 Å². The fraction of sp³-hybridized carbons (Fsp3) is 0.333. The van der Waals surface area contributed by atoms with Gasteiger partial charge in [0.25, 0.3) is 22.8 Å². The van der Waals surface area contributed by atoms with E-state index in [2.05, 4.69) is 26.1 Å². The van der Waals surface area contributed by atoms with Crippen molar-refractivity contribution in [2.45, 2.75) is 38.6 Å². The van der Waals surface area contributed by atoms with Gasteiger partial charge in [0.2, 0.25) is 0 Å². The summed E-state index contributed by atoms with van der Waals surface area (Å²) in [6.07, 6.45) is 6.69. The zero-order valence-corrected chi connectivity index (χ0v) is 24.6. The highest BCUT2D eigenvalue weighted by atomic mass is 35.5. The Bertz CT molecular complexity index is 1560. The molecule has 1 aromatic heterocycles. The molecule has 2 amide bonds. The molecule has 1 fully saturated rings. The first-order valence-corrected chi connectivity index (χ1v) is 14.8. The monoisotopic (exact) mass is 618 g/mol. The number of rotatable bonds is 8. The first kappa shape index (κ1) is 28.9. The smallest absolute Gasteiger partial charge is 0.299 e. The van der Waals surface area contributed by atoms with E-state index in [4.69, 9.17) is 27.4 Å². The van der Waals surface area contributed by atoms with E-state index >= 15 is 0 Å². The molecule has 0 spiro atoms. The van der Waals surface area contributed by atoms with Gasteiger partial charge >= 0.3 is 0 Å². The fourth-order valence-corrected chi connectivity index (χ4v) is 5.72. The number of anilines is 1. The number of aromatic nitrogens is 1. The normalized spacial score (nSPS) is 19.1. The third-order valence-electron chi connectivity index (χ3n) is 7.16. The topological polar surface area (TPSA) is 142 Å². The maximum atomic E-state index is 13.7. The molecule has 2 unspecified atom stereocenters. The molecule has 2 atom stereocenters. The Morgan fingerprint density at radius 1 is 1.22 bits per heavy atom. The molecule has 1 saturated carbocycles. The number of benzene rings is 1. The Morgan fingerprint density at radius 3 is 2.71 bits per heavy atom. The van der Waals surface area contributed by atoms with Crippen LogP contribution in [0, 0.1) is 12.8 Å². The molecule has 11 nitrogen and oxygen atoms in total. The number of carbonyl (C=O) groups excluding carboxylic acids is 2. The average Bonchev–Trinajstić information content (AvgIpc) is 3.67. The number of nitrogens with zero attached hydrogens (tertiary/aromatic N) is 3. The number of allylic oxidation sites excluding steroid dienone is 1. The second-order valence-electron chi connectivity index (χ2n) is 10.1. The summed E-state index contributed by atoms with van der Waals surface area (Å²) in [6.45, 7) is 4.02. The van der Waals surface area contributed by atoms with Crippen LogP contribution in [0.4, 0.5) is 5.69 Å². The van der Waals surface area contributed by atoms with Crippen molar-refractivity contribution in [1.82, 2.24) is 20.6 Å². The van der Waals surface area contributed by atoms with Crippen molar-refractivity contribution in [2.75, 3.05) is 18.4 Å². The van der Waals surface area contributed by atoms with Crippen LogP contribution in [0.25, 0.3) is 0 Å². The number of amidine groups is 1. The van der Waals surface area contributed by atoms with Crippen molar-refractivity contribution in [3.05, 3.63) is 80.9 Å². The molecule has 1 aromatic carbocycles. The average molecular weight is 620 g/mol. The molecule has 0 saturated heterocycles. The van der Waals surface area contributed by atoms with Crippen LogP contribution in [-0.2, 0) is 20.0 Å². The Labute approximate surface area is 248 Å². The molecule has 5 rings (SSSR count).